The van der Waals surface area contributed by atoms with Gasteiger partial charge in [-0.3, -0.25) is 0 Å². The summed E-state index contributed by atoms with van der Waals surface area (Å²) in [7, 11) is 2.04. The van der Waals surface area contributed by atoms with Gasteiger partial charge in [0.2, 0.25) is 0 Å². The van der Waals surface area contributed by atoms with E-state index >= 15 is 0 Å². The molecule has 0 saturated carbocycles. The van der Waals surface area contributed by atoms with Gasteiger partial charge < -0.3 is 4.57 Å². The Morgan fingerprint density at radius 1 is 1.36 bits per heavy atom. The minimum atomic E-state index is 0.557. The zero-order valence-corrected chi connectivity index (χ0v) is 9.20. The normalized spacial score (nSPS) is 11.5. The summed E-state index contributed by atoms with van der Waals surface area (Å²) >= 11 is 0. The predicted molar refractivity (Wildman–Crippen MR) is 59.5 cm³/mol. The zero-order chi connectivity index (χ0) is 10.3. The summed E-state index contributed by atoms with van der Waals surface area (Å²) in [6.45, 7) is 6.50. The van der Waals surface area contributed by atoms with Gasteiger partial charge in [0.25, 0.3) is 0 Å². The molecule has 2 rings (SSSR count). The van der Waals surface area contributed by atoms with Crippen molar-refractivity contribution in [3.8, 4) is 0 Å². The summed E-state index contributed by atoms with van der Waals surface area (Å²) in [5, 5.41) is 1.29. The van der Waals surface area contributed by atoms with Crippen molar-refractivity contribution in [1.29, 1.82) is 0 Å². The molecular weight excluding hydrogens is 172 g/mol. The highest BCUT2D eigenvalue weighted by atomic mass is 15.0. The SMILES string of the molecule is Cc1cc(C(C)C)c2ccn(C)c2n1. The number of hydrogen-bond donors (Lipinski definition) is 0. The molecule has 0 unspecified atom stereocenters. The van der Waals surface area contributed by atoms with Crippen LogP contribution in [0.25, 0.3) is 11.0 Å². The van der Waals surface area contributed by atoms with E-state index in [0.29, 0.717) is 5.92 Å². The number of nitrogens with zero attached hydrogens (tertiary/aromatic N) is 2. The van der Waals surface area contributed by atoms with Gasteiger partial charge in [0.05, 0.1) is 0 Å². The maximum atomic E-state index is 4.54. The Balaban J connectivity index is 2.82. The number of rotatable bonds is 1. The molecule has 0 fully saturated rings. The van der Waals surface area contributed by atoms with Gasteiger partial charge in [0.15, 0.2) is 0 Å². The van der Waals surface area contributed by atoms with Gasteiger partial charge in [-0.25, -0.2) is 4.98 Å². The number of aryl methyl sites for hydroxylation is 2. The molecule has 0 aliphatic heterocycles. The lowest BCUT2D eigenvalue weighted by molar-refractivity contribution is 0.868. The average Bonchev–Trinajstić information content (AvgIpc) is 2.47. The monoisotopic (exact) mass is 188 g/mol. The van der Waals surface area contributed by atoms with E-state index in [-0.39, 0.29) is 0 Å². The first kappa shape index (κ1) is 9.25. The fourth-order valence-electron chi connectivity index (χ4n) is 1.87. The fraction of sp³-hybridized carbons (Fsp3) is 0.417. The molecule has 0 saturated heterocycles. The lowest BCUT2D eigenvalue weighted by atomic mass is 10.0. The molecule has 2 aromatic heterocycles. The van der Waals surface area contributed by atoms with E-state index < -0.39 is 0 Å². The van der Waals surface area contributed by atoms with E-state index in [2.05, 4.69) is 48.7 Å². The van der Waals surface area contributed by atoms with Gasteiger partial charge in [0, 0.05) is 24.3 Å². The van der Waals surface area contributed by atoms with Crippen LogP contribution in [-0.2, 0) is 7.05 Å². The van der Waals surface area contributed by atoms with Crippen LogP contribution in [-0.4, -0.2) is 9.55 Å². The van der Waals surface area contributed by atoms with Crippen molar-refractivity contribution in [2.45, 2.75) is 26.7 Å². The van der Waals surface area contributed by atoms with Gasteiger partial charge in [-0.05, 0) is 30.5 Å². The lowest BCUT2D eigenvalue weighted by Gasteiger charge is -2.08. The molecule has 0 atom stereocenters. The van der Waals surface area contributed by atoms with E-state index in [4.69, 9.17) is 0 Å². The van der Waals surface area contributed by atoms with Gasteiger partial charge in [-0.1, -0.05) is 13.8 Å². The Morgan fingerprint density at radius 3 is 2.71 bits per heavy atom. The highest BCUT2D eigenvalue weighted by molar-refractivity contribution is 5.80. The molecule has 0 spiro atoms. The largest absolute Gasteiger partial charge is 0.336 e. The van der Waals surface area contributed by atoms with Crippen LogP contribution in [0.1, 0.15) is 31.0 Å². The first-order valence-electron chi connectivity index (χ1n) is 5.02. The first-order valence-corrected chi connectivity index (χ1v) is 5.02. The van der Waals surface area contributed by atoms with Crippen LogP contribution < -0.4 is 0 Å². The molecule has 0 aliphatic carbocycles. The highest BCUT2D eigenvalue weighted by Crippen LogP contribution is 2.25. The molecule has 2 heterocycles. The predicted octanol–water partition coefficient (Wildman–Crippen LogP) is 3.01. The molecule has 0 N–H and O–H groups in total. The van der Waals surface area contributed by atoms with Crippen molar-refractivity contribution in [1.82, 2.24) is 9.55 Å². The highest BCUT2D eigenvalue weighted by Gasteiger charge is 2.09. The van der Waals surface area contributed by atoms with E-state index in [1.807, 2.05) is 7.05 Å². The summed E-state index contributed by atoms with van der Waals surface area (Å²) < 4.78 is 2.08. The van der Waals surface area contributed by atoms with Crippen molar-refractivity contribution in [3.05, 3.63) is 29.6 Å². The van der Waals surface area contributed by atoms with E-state index in [1.54, 1.807) is 0 Å². The minimum absolute atomic E-state index is 0.557. The molecule has 2 nitrogen and oxygen atoms in total. The third-order valence-corrected chi connectivity index (χ3v) is 2.62. The summed E-state index contributed by atoms with van der Waals surface area (Å²) in [5.74, 6) is 0.557. The Hall–Kier alpha value is -1.31. The molecule has 0 bridgehead atoms. The van der Waals surface area contributed by atoms with Crippen LogP contribution in [0.2, 0.25) is 0 Å². The number of hydrogen-bond acceptors (Lipinski definition) is 1. The van der Waals surface area contributed by atoms with Crippen LogP contribution in [0.3, 0.4) is 0 Å². The van der Waals surface area contributed by atoms with Crippen LogP contribution in [0, 0.1) is 6.92 Å². The summed E-state index contributed by atoms with van der Waals surface area (Å²) in [4.78, 5) is 4.54. The van der Waals surface area contributed by atoms with Crippen LogP contribution in [0.5, 0.6) is 0 Å². The number of aromatic nitrogens is 2. The molecule has 74 valence electrons. The second kappa shape index (κ2) is 3.12. The van der Waals surface area contributed by atoms with Crippen LogP contribution in [0.15, 0.2) is 18.3 Å². The summed E-state index contributed by atoms with van der Waals surface area (Å²) in [6.07, 6.45) is 2.07. The van der Waals surface area contributed by atoms with Crippen molar-refractivity contribution in [2.75, 3.05) is 0 Å². The van der Waals surface area contributed by atoms with E-state index in [1.165, 1.54) is 10.9 Å². The van der Waals surface area contributed by atoms with Crippen molar-refractivity contribution in [2.24, 2.45) is 7.05 Å². The van der Waals surface area contributed by atoms with Gasteiger partial charge in [0.1, 0.15) is 5.65 Å². The molecular formula is C12H16N2. The van der Waals surface area contributed by atoms with Crippen LogP contribution in [0.4, 0.5) is 0 Å². The molecule has 14 heavy (non-hydrogen) atoms. The molecule has 0 aliphatic rings. The van der Waals surface area contributed by atoms with Gasteiger partial charge in [-0.15, -0.1) is 0 Å². The lowest BCUT2D eigenvalue weighted by Crippen LogP contribution is -1.95. The molecule has 2 heteroatoms. The Kier molecular flexibility index (Phi) is 2.06. The quantitative estimate of drug-likeness (QED) is 0.672. The number of pyridine rings is 1. The number of fused-ring (bicyclic) bond motifs is 1. The standard InChI is InChI=1S/C12H16N2/c1-8(2)11-7-9(3)13-12-10(11)5-6-14(12)4/h5-8H,1-4H3. The first-order chi connectivity index (χ1) is 6.59. The third-order valence-electron chi connectivity index (χ3n) is 2.62. The third kappa shape index (κ3) is 1.31. The Bertz CT molecular complexity index is 466. The molecule has 0 radical (unpaired) electrons. The maximum Gasteiger partial charge on any atom is 0.140 e. The van der Waals surface area contributed by atoms with Crippen molar-refractivity contribution < 1.29 is 0 Å². The minimum Gasteiger partial charge on any atom is -0.336 e. The average molecular weight is 188 g/mol. The van der Waals surface area contributed by atoms with Crippen molar-refractivity contribution in [3.63, 3.8) is 0 Å². The molecule has 0 amide bonds. The molecule has 0 aromatic carbocycles. The zero-order valence-electron chi connectivity index (χ0n) is 9.20. The smallest absolute Gasteiger partial charge is 0.140 e. The second-order valence-corrected chi connectivity index (χ2v) is 4.17. The Morgan fingerprint density at radius 2 is 2.07 bits per heavy atom. The van der Waals surface area contributed by atoms with Crippen molar-refractivity contribution >= 4 is 11.0 Å². The Labute approximate surface area is 84.6 Å². The van der Waals surface area contributed by atoms with Crippen LogP contribution >= 0.6 is 0 Å². The summed E-state index contributed by atoms with van der Waals surface area (Å²) in [5.41, 5.74) is 3.59. The second-order valence-electron chi connectivity index (χ2n) is 4.17. The van der Waals surface area contributed by atoms with E-state index in [9.17, 15) is 0 Å². The van der Waals surface area contributed by atoms with E-state index in [0.717, 1.165) is 11.3 Å². The van der Waals surface area contributed by atoms with Gasteiger partial charge in [-0.2, -0.15) is 0 Å². The topological polar surface area (TPSA) is 17.8 Å². The maximum absolute atomic E-state index is 4.54. The molecule has 2 aromatic rings. The van der Waals surface area contributed by atoms with Gasteiger partial charge >= 0.3 is 0 Å². The fourth-order valence-corrected chi connectivity index (χ4v) is 1.87. The summed E-state index contributed by atoms with van der Waals surface area (Å²) in [6, 6.07) is 4.34.